The Kier molecular flexibility index (Phi) is 6.03. The topological polar surface area (TPSA) is 46.5 Å². The van der Waals surface area contributed by atoms with Crippen molar-refractivity contribution in [3.05, 3.63) is 107 Å². The van der Waals surface area contributed by atoms with Crippen LogP contribution in [0.3, 0.4) is 0 Å². The number of halogens is 3. The fourth-order valence-electron chi connectivity index (χ4n) is 3.33. The summed E-state index contributed by atoms with van der Waals surface area (Å²) in [4.78, 5) is 11.3. The number of carbonyl (C=O) groups is 1. The summed E-state index contributed by atoms with van der Waals surface area (Å²) in [7, 11) is 0. The summed E-state index contributed by atoms with van der Waals surface area (Å²) in [6.45, 7) is -0.594. The van der Waals surface area contributed by atoms with Gasteiger partial charge in [-0.2, -0.15) is 13.2 Å². The first kappa shape index (κ1) is 20.6. The van der Waals surface area contributed by atoms with E-state index in [-0.39, 0.29) is 6.42 Å². The zero-order valence-corrected chi connectivity index (χ0v) is 15.4. The standard InChI is InChI=1S/C23H19F3O3/c24-23(25,26)20-13-7-8-17(14-20)15-22(29-16-21(27)28,18-9-3-1-4-10-18)19-11-5-2-6-12-19/h1-14H,15-16H2,(H,27,28). The minimum absolute atomic E-state index is 0.0399. The van der Waals surface area contributed by atoms with Gasteiger partial charge >= 0.3 is 12.1 Å². The van der Waals surface area contributed by atoms with E-state index in [9.17, 15) is 23.1 Å². The molecule has 0 aliphatic heterocycles. The van der Waals surface area contributed by atoms with Crippen LogP contribution in [-0.2, 0) is 27.7 Å². The van der Waals surface area contributed by atoms with Crippen LogP contribution in [0, 0.1) is 0 Å². The molecule has 0 saturated carbocycles. The lowest BCUT2D eigenvalue weighted by Gasteiger charge is -2.35. The summed E-state index contributed by atoms with van der Waals surface area (Å²) >= 11 is 0. The van der Waals surface area contributed by atoms with Crippen molar-refractivity contribution in [2.75, 3.05) is 6.61 Å². The number of ether oxygens (including phenoxy) is 1. The number of carboxylic acids is 1. The quantitative estimate of drug-likeness (QED) is 0.586. The second-order valence-electron chi connectivity index (χ2n) is 6.62. The first-order valence-corrected chi connectivity index (χ1v) is 8.94. The highest BCUT2D eigenvalue weighted by Gasteiger charge is 2.37. The van der Waals surface area contributed by atoms with Gasteiger partial charge in [0.25, 0.3) is 0 Å². The van der Waals surface area contributed by atoms with Crippen molar-refractivity contribution in [2.45, 2.75) is 18.2 Å². The summed E-state index contributed by atoms with van der Waals surface area (Å²) in [6.07, 6.45) is -4.43. The Morgan fingerprint density at radius 2 is 1.31 bits per heavy atom. The summed E-state index contributed by atoms with van der Waals surface area (Å²) in [6, 6.07) is 22.9. The molecule has 0 aromatic heterocycles. The molecule has 3 aromatic carbocycles. The van der Waals surface area contributed by atoms with Crippen LogP contribution in [-0.4, -0.2) is 17.7 Å². The highest BCUT2D eigenvalue weighted by atomic mass is 19.4. The molecular formula is C23H19F3O3. The average molecular weight is 400 g/mol. The minimum atomic E-state index is -4.47. The van der Waals surface area contributed by atoms with Crippen molar-refractivity contribution in [2.24, 2.45) is 0 Å². The zero-order valence-electron chi connectivity index (χ0n) is 15.4. The zero-order chi connectivity index (χ0) is 20.9. The van der Waals surface area contributed by atoms with Gasteiger partial charge in [-0.05, 0) is 22.8 Å². The molecule has 0 aliphatic rings. The van der Waals surface area contributed by atoms with Crippen LogP contribution in [0.15, 0.2) is 84.9 Å². The van der Waals surface area contributed by atoms with Crippen molar-refractivity contribution in [1.29, 1.82) is 0 Å². The van der Waals surface area contributed by atoms with E-state index >= 15 is 0 Å². The maximum Gasteiger partial charge on any atom is 0.416 e. The van der Waals surface area contributed by atoms with Gasteiger partial charge in [0.15, 0.2) is 0 Å². The molecular weight excluding hydrogens is 381 g/mol. The van der Waals surface area contributed by atoms with E-state index in [0.717, 1.165) is 12.1 Å². The van der Waals surface area contributed by atoms with Crippen LogP contribution in [0.5, 0.6) is 0 Å². The number of carboxylic acid groups (broad SMARTS) is 1. The number of aliphatic carboxylic acids is 1. The number of hydrogen-bond donors (Lipinski definition) is 1. The third-order valence-corrected chi connectivity index (χ3v) is 4.63. The van der Waals surface area contributed by atoms with Crippen molar-refractivity contribution < 1.29 is 27.8 Å². The first-order chi connectivity index (χ1) is 13.8. The van der Waals surface area contributed by atoms with Gasteiger partial charge in [-0.1, -0.05) is 78.9 Å². The Bertz CT molecular complexity index is 914. The number of hydrogen-bond acceptors (Lipinski definition) is 2. The fourth-order valence-corrected chi connectivity index (χ4v) is 3.33. The van der Waals surface area contributed by atoms with Gasteiger partial charge in [0.2, 0.25) is 0 Å². The molecule has 0 radical (unpaired) electrons. The van der Waals surface area contributed by atoms with Crippen LogP contribution in [0.2, 0.25) is 0 Å². The number of rotatable bonds is 7. The maximum absolute atomic E-state index is 13.2. The Balaban J connectivity index is 2.15. The lowest BCUT2D eigenvalue weighted by atomic mass is 9.80. The summed E-state index contributed by atoms with van der Waals surface area (Å²) in [5, 5.41) is 9.21. The predicted molar refractivity (Wildman–Crippen MR) is 102 cm³/mol. The summed E-state index contributed by atoms with van der Waals surface area (Å²) < 4.78 is 45.5. The van der Waals surface area contributed by atoms with Crippen LogP contribution in [0.4, 0.5) is 13.2 Å². The van der Waals surface area contributed by atoms with Gasteiger partial charge in [-0.15, -0.1) is 0 Å². The van der Waals surface area contributed by atoms with Gasteiger partial charge < -0.3 is 9.84 Å². The molecule has 0 unspecified atom stereocenters. The largest absolute Gasteiger partial charge is 0.480 e. The van der Waals surface area contributed by atoms with E-state index in [1.165, 1.54) is 6.07 Å². The Labute approximate surface area is 166 Å². The van der Waals surface area contributed by atoms with Gasteiger partial charge in [-0.25, -0.2) is 4.79 Å². The summed E-state index contributed by atoms with van der Waals surface area (Å²) in [5.41, 5.74) is -0.318. The molecule has 0 fully saturated rings. The molecule has 0 atom stereocenters. The van der Waals surface area contributed by atoms with Gasteiger partial charge in [0.05, 0.1) is 5.56 Å². The normalized spacial score (nSPS) is 12.0. The fraction of sp³-hybridized carbons (Fsp3) is 0.174. The van der Waals surface area contributed by atoms with Crippen LogP contribution in [0.25, 0.3) is 0 Å². The molecule has 3 nitrogen and oxygen atoms in total. The highest BCUT2D eigenvalue weighted by Crippen LogP contribution is 2.38. The second-order valence-corrected chi connectivity index (χ2v) is 6.62. The first-order valence-electron chi connectivity index (χ1n) is 8.94. The monoisotopic (exact) mass is 400 g/mol. The molecule has 150 valence electrons. The van der Waals surface area contributed by atoms with Crippen molar-refractivity contribution in [3.8, 4) is 0 Å². The second kappa shape index (κ2) is 8.49. The Hall–Kier alpha value is -3.12. The molecule has 0 amide bonds. The molecule has 0 saturated heterocycles. The Morgan fingerprint density at radius 3 is 1.79 bits per heavy atom. The SMILES string of the molecule is O=C(O)COC(Cc1cccc(C(F)(F)F)c1)(c1ccccc1)c1ccccc1. The van der Waals surface area contributed by atoms with Gasteiger partial charge in [-0.3, -0.25) is 0 Å². The Morgan fingerprint density at radius 1 is 0.793 bits per heavy atom. The predicted octanol–water partition coefficient (Wildman–Crippen LogP) is 5.29. The van der Waals surface area contributed by atoms with E-state index < -0.39 is 29.9 Å². The summed E-state index contributed by atoms with van der Waals surface area (Å²) in [5.74, 6) is -1.16. The molecule has 29 heavy (non-hydrogen) atoms. The molecule has 6 heteroatoms. The van der Waals surface area contributed by atoms with Crippen LogP contribution < -0.4 is 0 Å². The van der Waals surface area contributed by atoms with Gasteiger partial charge in [0, 0.05) is 6.42 Å². The third-order valence-electron chi connectivity index (χ3n) is 4.63. The lowest BCUT2D eigenvalue weighted by Crippen LogP contribution is -2.36. The maximum atomic E-state index is 13.2. The van der Waals surface area contributed by atoms with Crippen LogP contribution in [0.1, 0.15) is 22.3 Å². The number of alkyl halides is 3. The molecule has 0 heterocycles. The van der Waals surface area contributed by atoms with Crippen molar-refractivity contribution >= 4 is 5.97 Å². The van der Waals surface area contributed by atoms with Crippen LogP contribution >= 0.6 is 0 Å². The molecule has 3 aromatic rings. The smallest absolute Gasteiger partial charge is 0.416 e. The molecule has 3 rings (SSSR count). The van der Waals surface area contributed by atoms with E-state index in [4.69, 9.17) is 4.74 Å². The highest BCUT2D eigenvalue weighted by molar-refractivity contribution is 5.68. The molecule has 0 bridgehead atoms. The van der Waals surface area contributed by atoms with Crippen molar-refractivity contribution in [1.82, 2.24) is 0 Å². The minimum Gasteiger partial charge on any atom is -0.480 e. The van der Waals surface area contributed by atoms with E-state index in [0.29, 0.717) is 16.7 Å². The van der Waals surface area contributed by atoms with Crippen molar-refractivity contribution in [3.63, 3.8) is 0 Å². The molecule has 1 N–H and O–H groups in total. The van der Waals surface area contributed by atoms with Gasteiger partial charge in [0.1, 0.15) is 12.2 Å². The molecule has 0 aliphatic carbocycles. The lowest BCUT2D eigenvalue weighted by molar-refractivity contribution is -0.148. The third kappa shape index (κ3) is 4.84. The van der Waals surface area contributed by atoms with E-state index in [2.05, 4.69) is 0 Å². The average Bonchev–Trinajstić information content (AvgIpc) is 2.72. The molecule has 0 spiro atoms. The number of benzene rings is 3. The van der Waals surface area contributed by atoms with E-state index in [1.807, 2.05) is 0 Å². The van der Waals surface area contributed by atoms with E-state index in [1.54, 1.807) is 66.7 Å².